The summed E-state index contributed by atoms with van der Waals surface area (Å²) in [4.78, 5) is 53.5. The molecule has 160 valence electrons. The largest absolute Gasteiger partial charge is 0.477 e. The summed E-state index contributed by atoms with van der Waals surface area (Å²) in [6.45, 7) is 2.88. The minimum absolute atomic E-state index is 0.202. The van der Waals surface area contributed by atoms with Gasteiger partial charge in [0.1, 0.15) is 23.7 Å². The van der Waals surface area contributed by atoms with Crippen molar-refractivity contribution in [2.75, 3.05) is 18.1 Å². The van der Waals surface area contributed by atoms with Crippen LogP contribution >= 0.6 is 23.1 Å². The molecule has 2 aliphatic heterocycles. The molecule has 0 radical (unpaired) electrons. The third kappa shape index (κ3) is 4.19. The number of rotatable bonds is 7. The number of hydrogen-bond donors (Lipinski definition) is 3. The lowest BCUT2D eigenvalue weighted by Gasteiger charge is -2.49. The molecule has 30 heavy (non-hydrogen) atoms. The Bertz CT molecular complexity index is 970. The number of nitrogens with two attached hydrogens (primary N) is 1. The van der Waals surface area contributed by atoms with Crippen LogP contribution in [0.2, 0.25) is 0 Å². The molecule has 3 rings (SSSR count). The number of carbonyl (C=O) groups is 4. The van der Waals surface area contributed by atoms with Crippen LogP contribution in [0.5, 0.6) is 0 Å². The molecular formula is C18H20N4O6S2. The molecule has 4 N–H and O–H groups in total. The van der Waals surface area contributed by atoms with Crippen LogP contribution in [0.1, 0.15) is 26.0 Å². The van der Waals surface area contributed by atoms with Gasteiger partial charge in [-0.25, -0.2) is 9.78 Å². The van der Waals surface area contributed by atoms with Crippen LogP contribution in [-0.2, 0) is 23.9 Å². The lowest BCUT2D eigenvalue weighted by Crippen LogP contribution is -2.70. The third-order valence-electron chi connectivity index (χ3n) is 4.44. The summed E-state index contributed by atoms with van der Waals surface area (Å²) >= 11 is 2.50. The van der Waals surface area contributed by atoms with Gasteiger partial charge in [-0.15, -0.1) is 23.1 Å². The number of nitrogens with zero attached hydrogens (tertiary/aromatic N) is 2. The number of carboxylic acids is 1. The highest BCUT2D eigenvalue weighted by molar-refractivity contribution is 8.00. The molecule has 10 nitrogen and oxygen atoms in total. The normalized spacial score (nSPS) is 21.1. The number of carbonyl (C=O) groups excluding carboxylic acids is 3. The van der Waals surface area contributed by atoms with Gasteiger partial charge < -0.3 is 20.9 Å². The van der Waals surface area contributed by atoms with E-state index in [9.17, 15) is 24.3 Å². The van der Waals surface area contributed by atoms with E-state index in [0.717, 1.165) is 4.90 Å². The zero-order chi connectivity index (χ0) is 22.0. The Balaban J connectivity index is 1.77. The Kier molecular flexibility index (Phi) is 6.46. The van der Waals surface area contributed by atoms with Crippen molar-refractivity contribution in [2.45, 2.75) is 31.7 Å². The molecule has 0 spiro atoms. The first kappa shape index (κ1) is 21.8. The van der Waals surface area contributed by atoms with Gasteiger partial charge in [0.05, 0.1) is 11.3 Å². The van der Waals surface area contributed by atoms with Crippen LogP contribution in [0, 0.1) is 0 Å². The first-order chi connectivity index (χ1) is 14.2. The summed E-state index contributed by atoms with van der Waals surface area (Å²) in [7, 11) is 0. The maximum Gasteiger partial charge on any atom is 0.352 e. The predicted octanol–water partition coefficient (Wildman–Crippen LogP) is 0.820. The van der Waals surface area contributed by atoms with Crippen molar-refractivity contribution in [2.24, 2.45) is 0 Å². The molecule has 2 amide bonds. The summed E-state index contributed by atoms with van der Waals surface area (Å²) in [5, 5.41) is 13.7. The minimum Gasteiger partial charge on any atom is -0.477 e. The van der Waals surface area contributed by atoms with Crippen molar-refractivity contribution in [3.63, 3.8) is 0 Å². The van der Waals surface area contributed by atoms with Crippen LogP contribution in [0.15, 0.2) is 22.7 Å². The topological polar surface area (TPSA) is 152 Å². The van der Waals surface area contributed by atoms with Crippen LogP contribution in [0.3, 0.4) is 0 Å². The molecule has 2 atom stereocenters. The molecule has 1 aromatic rings. The lowest BCUT2D eigenvalue weighted by atomic mass is 10.0. The number of aliphatic carboxylic acids is 1. The van der Waals surface area contributed by atoms with Crippen molar-refractivity contribution < 1.29 is 29.0 Å². The molecule has 1 aromatic heterocycles. The van der Waals surface area contributed by atoms with E-state index in [-0.39, 0.29) is 18.1 Å². The van der Waals surface area contributed by atoms with Gasteiger partial charge in [0.2, 0.25) is 0 Å². The first-order valence-electron chi connectivity index (χ1n) is 9.00. The van der Waals surface area contributed by atoms with Crippen LogP contribution in [0.4, 0.5) is 5.13 Å². The van der Waals surface area contributed by atoms with Gasteiger partial charge in [0.25, 0.3) is 11.8 Å². The molecule has 1 saturated heterocycles. The molecule has 2 aliphatic rings. The van der Waals surface area contributed by atoms with Gasteiger partial charge in [-0.3, -0.25) is 19.3 Å². The smallest absolute Gasteiger partial charge is 0.352 e. The average molecular weight is 453 g/mol. The number of amides is 2. The fourth-order valence-electron chi connectivity index (χ4n) is 3.13. The maximum absolute atomic E-state index is 12.8. The number of β-lactam (4-membered cyclic amide) rings is 1. The van der Waals surface area contributed by atoms with E-state index in [1.807, 2.05) is 6.92 Å². The van der Waals surface area contributed by atoms with E-state index in [0.29, 0.717) is 28.4 Å². The fraction of sp³-hybridized carbons (Fsp3) is 0.389. The zero-order valence-corrected chi connectivity index (χ0v) is 17.8. The number of thiazole rings is 1. The van der Waals surface area contributed by atoms with Crippen molar-refractivity contribution in [1.29, 1.82) is 0 Å². The second-order valence-electron chi connectivity index (χ2n) is 6.50. The lowest BCUT2D eigenvalue weighted by molar-refractivity contribution is -0.150. The van der Waals surface area contributed by atoms with Gasteiger partial charge in [0.15, 0.2) is 5.13 Å². The Morgan fingerprint density at radius 3 is 2.77 bits per heavy atom. The van der Waals surface area contributed by atoms with Gasteiger partial charge in [-0.1, -0.05) is 13.0 Å². The number of hydrogen-bond acceptors (Lipinski definition) is 9. The number of fused-ring (bicyclic) bond motifs is 1. The number of allylic oxidation sites excluding steroid dienone is 1. The first-order valence-corrected chi connectivity index (χ1v) is 10.9. The number of thioether (sulfide) groups is 1. The SMILES string of the molecule is CC/C=C(\C(=O)N[C@@H]1C(=O)N2C(C(=O)O)=C(COC(C)=O)CS[C@H]12)c1csc(N)n1. The van der Waals surface area contributed by atoms with E-state index in [4.69, 9.17) is 10.5 Å². The number of nitrogens with one attached hydrogen (secondary N) is 1. The minimum atomic E-state index is -1.29. The highest BCUT2D eigenvalue weighted by atomic mass is 32.2. The van der Waals surface area contributed by atoms with Crippen molar-refractivity contribution >= 4 is 57.6 Å². The van der Waals surface area contributed by atoms with Gasteiger partial charge in [-0.05, 0) is 6.42 Å². The third-order valence-corrected chi connectivity index (χ3v) is 6.45. The zero-order valence-electron chi connectivity index (χ0n) is 16.2. The number of nitrogen functional groups attached to an aromatic ring is 1. The Morgan fingerprint density at radius 2 is 2.20 bits per heavy atom. The van der Waals surface area contributed by atoms with Gasteiger partial charge in [0, 0.05) is 23.6 Å². The maximum atomic E-state index is 12.8. The molecule has 0 aromatic carbocycles. The van der Waals surface area contributed by atoms with Gasteiger partial charge >= 0.3 is 11.9 Å². The van der Waals surface area contributed by atoms with E-state index in [1.54, 1.807) is 11.5 Å². The molecule has 3 heterocycles. The monoisotopic (exact) mass is 452 g/mol. The molecule has 12 heteroatoms. The fourth-order valence-corrected chi connectivity index (χ4v) is 5.02. The van der Waals surface area contributed by atoms with E-state index in [1.165, 1.54) is 30.0 Å². The molecular weight excluding hydrogens is 432 g/mol. The number of anilines is 1. The standard InChI is InChI=1S/C18H20N4O6S2/c1-3-4-10(11-7-30-18(19)20-11)14(24)21-12-15(25)22-13(17(26)27)9(5-28-8(2)23)6-29-16(12)22/h4,7,12,16H,3,5-6H2,1-2H3,(H2,19,20)(H,21,24)(H,26,27)/b10-4-/t12-,16-/m1/s1. The Hall–Kier alpha value is -2.86. The molecule has 0 bridgehead atoms. The van der Waals surface area contributed by atoms with Gasteiger partial charge in [-0.2, -0.15) is 0 Å². The molecule has 0 unspecified atom stereocenters. The second kappa shape index (κ2) is 8.88. The predicted molar refractivity (Wildman–Crippen MR) is 111 cm³/mol. The van der Waals surface area contributed by atoms with Crippen molar-refractivity contribution in [3.05, 3.63) is 28.4 Å². The highest BCUT2D eigenvalue weighted by Gasteiger charge is 2.54. The van der Waals surface area contributed by atoms with Crippen LogP contribution in [0.25, 0.3) is 5.57 Å². The second-order valence-corrected chi connectivity index (χ2v) is 8.49. The number of carboxylic acid groups (broad SMARTS) is 1. The van der Waals surface area contributed by atoms with E-state index in [2.05, 4.69) is 10.3 Å². The molecule has 1 fully saturated rings. The average Bonchev–Trinajstić information content (AvgIpc) is 3.13. The summed E-state index contributed by atoms with van der Waals surface area (Å²) in [6, 6.07) is -0.872. The Morgan fingerprint density at radius 1 is 1.47 bits per heavy atom. The number of ether oxygens (including phenoxy) is 1. The summed E-state index contributed by atoms with van der Waals surface area (Å²) in [5.74, 6) is -2.59. The number of aromatic nitrogens is 1. The van der Waals surface area contributed by atoms with E-state index >= 15 is 0 Å². The molecule has 0 saturated carbocycles. The van der Waals surface area contributed by atoms with Crippen molar-refractivity contribution in [1.82, 2.24) is 15.2 Å². The number of esters is 1. The van der Waals surface area contributed by atoms with Crippen LogP contribution < -0.4 is 11.1 Å². The Labute approximate surface area is 180 Å². The quantitative estimate of drug-likeness (QED) is 0.310. The summed E-state index contributed by atoms with van der Waals surface area (Å²) in [6.07, 6.45) is 2.27. The van der Waals surface area contributed by atoms with E-state index < -0.39 is 35.2 Å². The van der Waals surface area contributed by atoms with Crippen molar-refractivity contribution in [3.8, 4) is 0 Å². The molecule has 0 aliphatic carbocycles. The summed E-state index contributed by atoms with van der Waals surface area (Å²) in [5.41, 5.74) is 6.52. The van der Waals surface area contributed by atoms with Crippen LogP contribution in [-0.4, -0.2) is 62.5 Å². The summed E-state index contributed by atoms with van der Waals surface area (Å²) < 4.78 is 4.90. The highest BCUT2D eigenvalue weighted by Crippen LogP contribution is 2.40.